The fraction of sp³-hybridized carbons (Fsp3) is 0.148. The number of fused-ring (bicyclic) bond motifs is 1. The van der Waals surface area contributed by atoms with Crippen molar-refractivity contribution in [1.29, 1.82) is 0 Å². The van der Waals surface area contributed by atoms with E-state index in [0.717, 1.165) is 46.8 Å². The van der Waals surface area contributed by atoms with Gasteiger partial charge in [0.25, 0.3) is 0 Å². The maximum absolute atomic E-state index is 5.25. The lowest BCUT2D eigenvalue weighted by Gasteiger charge is -2.32. The summed E-state index contributed by atoms with van der Waals surface area (Å²) in [6.45, 7) is 6.77. The quantitative estimate of drug-likeness (QED) is 0.0991. The summed E-state index contributed by atoms with van der Waals surface area (Å²) in [6.07, 6.45) is 7.00. The van der Waals surface area contributed by atoms with Gasteiger partial charge < -0.3 is 0 Å². The van der Waals surface area contributed by atoms with Crippen LogP contribution in [0.2, 0.25) is 0 Å². The van der Waals surface area contributed by atoms with Gasteiger partial charge in [-0.1, -0.05) is 191 Å². The molecule has 3 atom stereocenters. The van der Waals surface area contributed by atoms with Gasteiger partial charge in [0.1, 0.15) is 0 Å². The first-order valence-electron chi connectivity index (χ1n) is 20.0. The molecule has 7 aromatic carbocycles. The molecule has 2 nitrogen and oxygen atoms in total. The summed E-state index contributed by atoms with van der Waals surface area (Å²) in [5.41, 5.74) is 13.0. The molecule has 0 saturated carbocycles. The number of rotatable bonds is 10. The van der Waals surface area contributed by atoms with Crippen LogP contribution in [0.4, 0.5) is 5.69 Å². The lowest BCUT2D eigenvalue weighted by atomic mass is 9.72. The third-order valence-corrected chi connectivity index (χ3v) is 11.3. The molecule has 0 bridgehead atoms. The zero-order valence-corrected chi connectivity index (χ0v) is 32.5. The van der Waals surface area contributed by atoms with E-state index in [4.69, 9.17) is 9.98 Å². The van der Waals surface area contributed by atoms with Crippen molar-refractivity contribution in [2.24, 2.45) is 21.8 Å². The molecule has 0 heterocycles. The van der Waals surface area contributed by atoms with Crippen LogP contribution in [0.1, 0.15) is 67.3 Å². The van der Waals surface area contributed by atoms with Crippen molar-refractivity contribution in [3.8, 4) is 11.1 Å². The Morgan fingerprint density at radius 2 is 1.12 bits per heavy atom. The molecule has 1 aliphatic rings. The average molecular weight is 725 g/mol. The van der Waals surface area contributed by atoms with Crippen LogP contribution in [0.15, 0.2) is 204 Å². The fourth-order valence-corrected chi connectivity index (χ4v) is 7.98. The standard InChI is InChI=1S/C54H48N2/c1-4-38(3)53(43-22-14-8-15-23-43)56-54(44-24-16-9-17-25-44)55-49-32-30-39(31-33-49)45-28-26-40-27-29-46(35-47(40)34-45)48-36-51(41-18-10-6-11-19-41)50(5-2)52(37-48)42-20-12-7-13-21-42/h6-38,50-51H,4-5H2,1-3H3. The van der Waals surface area contributed by atoms with E-state index < -0.39 is 0 Å². The van der Waals surface area contributed by atoms with Crippen LogP contribution in [0.3, 0.4) is 0 Å². The van der Waals surface area contributed by atoms with Crippen molar-refractivity contribution in [3.05, 3.63) is 222 Å². The summed E-state index contributed by atoms with van der Waals surface area (Å²) >= 11 is 0. The summed E-state index contributed by atoms with van der Waals surface area (Å²) < 4.78 is 0. The molecular formula is C54H48N2. The van der Waals surface area contributed by atoms with Crippen molar-refractivity contribution in [1.82, 2.24) is 0 Å². The first-order valence-corrected chi connectivity index (χ1v) is 20.0. The largest absolute Gasteiger partial charge is 0.232 e. The molecule has 1 aliphatic carbocycles. The van der Waals surface area contributed by atoms with E-state index in [9.17, 15) is 0 Å². The second-order valence-corrected chi connectivity index (χ2v) is 14.8. The Hall–Kier alpha value is -6.38. The van der Waals surface area contributed by atoms with Crippen molar-refractivity contribution in [3.63, 3.8) is 0 Å². The molecule has 8 rings (SSSR count). The molecule has 0 N–H and O–H groups in total. The maximum Gasteiger partial charge on any atom is 0.160 e. The highest BCUT2D eigenvalue weighted by Crippen LogP contribution is 2.45. The van der Waals surface area contributed by atoms with E-state index in [1.54, 1.807) is 0 Å². The van der Waals surface area contributed by atoms with Gasteiger partial charge in [-0.15, -0.1) is 0 Å². The van der Waals surface area contributed by atoms with Crippen LogP contribution in [0, 0.1) is 11.8 Å². The summed E-state index contributed by atoms with van der Waals surface area (Å²) in [7, 11) is 0. The van der Waals surface area contributed by atoms with Crippen molar-refractivity contribution < 1.29 is 0 Å². The summed E-state index contributed by atoms with van der Waals surface area (Å²) in [5.74, 6) is 1.71. The van der Waals surface area contributed by atoms with Gasteiger partial charge in [0, 0.05) is 11.5 Å². The molecule has 7 aromatic rings. The predicted octanol–water partition coefficient (Wildman–Crippen LogP) is 14.4. The molecule has 0 radical (unpaired) electrons. The number of aliphatic imine (C=N–C) groups is 2. The van der Waals surface area contributed by atoms with Gasteiger partial charge in [0.2, 0.25) is 0 Å². The zero-order valence-electron chi connectivity index (χ0n) is 32.5. The summed E-state index contributed by atoms with van der Waals surface area (Å²) in [4.78, 5) is 10.4. The van der Waals surface area contributed by atoms with Gasteiger partial charge >= 0.3 is 0 Å². The Balaban J connectivity index is 1.14. The highest BCUT2D eigenvalue weighted by Gasteiger charge is 2.28. The number of hydrogen-bond acceptors (Lipinski definition) is 1. The summed E-state index contributed by atoms with van der Waals surface area (Å²) in [5, 5.41) is 2.46. The minimum absolute atomic E-state index is 0.289. The van der Waals surface area contributed by atoms with Crippen molar-refractivity contribution >= 4 is 39.2 Å². The first-order chi connectivity index (χ1) is 27.6. The summed E-state index contributed by atoms with van der Waals surface area (Å²) in [6, 6.07) is 65.0. The monoisotopic (exact) mass is 724 g/mol. The minimum atomic E-state index is 0.289. The molecule has 0 aromatic heterocycles. The van der Waals surface area contributed by atoms with Gasteiger partial charge in [0.15, 0.2) is 5.84 Å². The van der Waals surface area contributed by atoms with E-state index in [-0.39, 0.29) is 5.92 Å². The van der Waals surface area contributed by atoms with Crippen LogP contribution in [-0.2, 0) is 0 Å². The Kier molecular flexibility index (Phi) is 11.1. The van der Waals surface area contributed by atoms with Crippen LogP contribution >= 0.6 is 0 Å². The van der Waals surface area contributed by atoms with E-state index in [1.165, 1.54) is 44.2 Å². The van der Waals surface area contributed by atoms with E-state index in [1.807, 2.05) is 18.2 Å². The zero-order chi connectivity index (χ0) is 38.3. The van der Waals surface area contributed by atoms with E-state index in [0.29, 0.717) is 11.8 Å². The number of nitrogens with zero attached hydrogens (tertiary/aromatic N) is 2. The van der Waals surface area contributed by atoms with Crippen molar-refractivity contribution in [2.75, 3.05) is 0 Å². The predicted molar refractivity (Wildman–Crippen MR) is 240 cm³/mol. The topological polar surface area (TPSA) is 24.7 Å². The molecule has 2 heteroatoms. The molecule has 0 aliphatic heterocycles. The Labute approximate surface area is 332 Å². The van der Waals surface area contributed by atoms with Gasteiger partial charge in [-0.05, 0) is 104 Å². The number of hydrogen-bond donors (Lipinski definition) is 0. The second-order valence-electron chi connectivity index (χ2n) is 14.8. The molecular weight excluding hydrogens is 677 g/mol. The van der Waals surface area contributed by atoms with E-state index in [2.05, 4.69) is 197 Å². The third-order valence-electron chi connectivity index (χ3n) is 11.3. The SMILES string of the molecule is CCC(C)C(=NC(=Nc1ccc(-c2ccc3ccc(C4=CC(c5ccccc5)C(CC)C(c5ccccc5)=C4)cc3c2)cc1)c1ccccc1)c1ccccc1. The Morgan fingerprint density at radius 1 is 0.554 bits per heavy atom. The number of allylic oxidation sites excluding steroid dienone is 4. The minimum Gasteiger partial charge on any atom is -0.232 e. The molecule has 56 heavy (non-hydrogen) atoms. The van der Waals surface area contributed by atoms with Crippen LogP contribution in [0.25, 0.3) is 33.0 Å². The third kappa shape index (κ3) is 8.02. The molecule has 3 unspecified atom stereocenters. The average Bonchev–Trinajstić information content (AvgIpc) is 3.28. The second kappa shape index (κ2) is 17.0. The maximum atomic E-state index is 5.25. The Bertz CT molecular complexity index is 2530. The lowest BCUT2D eigenvalue weighted by Crippen LogP contribution is -2.16. The van der Waals surface area contributed by atoms with Gasteiger partial charge in [-0.25, -0.2) is 9.98 Å². The molecule has 0 fully saturated rings. The highest BCUT2D eigenvalue weighted by atomic mass is 14.9. The van der Waals surface area contributed by atoms with Crippen LogP contribution in [0.5, 0.6) is 0 Å². The smallest absolute Gasteiger partial charge is 0.160 e. The fourth-order valence-electron chi connectivity index (χ4n) is 7.98. The van der Waals surface area contributed by atoms with Crippen LogP contribution < -0.4 is 0 Å². The molecule has 0 amide bonds. The van der Waals surface area contributed by atoms with Crippen LogP contribution in [-0.4, -0.2) is 11.5 Å². The van der Waals surface area contributed by atoms with Gasteiger partial charge in [0.05, 0.1) is 11.4 Å². The van der Waals surface area contributed by atoms with Gasteiger partial charge in [-0.3, -0.25) is 0 Å². The van der Waals surface area contributed by atoms with E-state index >= 15 is 0 Å². The normalized spacial score (nSPS) is 16.6. The Morgan fingerprint density at radius 3 is 1.77 bits per heavy atom. The lowest BCUT2D eigenvalue weighted by molar-refractivity contribution is 0.577. The first kappa shape index (κ1) is 36.6. The number of amidine groups is 1. The van der Waals surface area contributed by atoms with Gasteiger partial charge in [-0.2, -0.15) is 0 Å². The highest BCUT2D eigenvalue weighted by molar-refractivity contribution is 6.13. The molecule has 274 valence electrons. The molecule has 0 saturated heterocycles. The molecule has 0 spiro atoms. The van der Waals surface area contributed by atoms with Crippen molar-refractivity contribution in [2.45, 2.75) is 39.5 Å². The number of benzene rings is 7.